The molecule has 0 aromatic heterocycles. The first-order valence-corrected chi connectivity index (χ1v) is 2.32. The van der Waals surface area contributed by atoms with E-state index in [2.05, 4.69) is 0 Å². The molecular weight excluding hydrogens is 104 g/mol. The third-order valence-corrected chi connectivity index (χ3v) is 0.553. The average molecular weight is 112 g/mol. The van der Waals surface area contributed by atoms with E-state index in [4.69, 9.17) is 0 Å². The van der Waals surface area contributed by atoms with Crippen molar-refractivity contribution in [3.8, 4) is 0 Å². The van der Waals surface area contributed by atoms with Gasteiger partial charge in [0.2, 0.25) is 0 Å². The first kappa shape index (κ1) is 7.08. The summed E-state index contributed by atoms with van der Waals surface area (Å²) in [6.45, 7) is 2.80. The smallest absolute Gasteiger partial charge is 0.152 e. The molecular formula is C6H8O2. The second-order valence-corrected chi connectivity index (χ2v) is 1.55. The van der Waals surface area contributed by atoms with Gasteiger partial charge in [0.15, 0.2) is 11.6 Å². The Hall–Kier alpha value is -0.920. The van der Waals surface area contributed by atoms with E-state index in [1.165, 1.54) is 26.0 Å². The van der Waals surface area contributed by atoms with Gasteiger partial charge in [-0.2, -0.15) is 0 Å². The molecule has 0 amide bonds. The van der Waals surface area contributed by atoms with E-state index in [-0.39, 0.29) is 11.6 Å². The van der Waals surface area contributed by atoms with Crippen molar-refractivity contribution in [3.05, 3.63) is 12.2 Å². The molecule has 0 aliphatic rings. The van der Waals surface area contributed by atoms with Gasteiger partial charge in [0.05, 0.1) is 0 Å². The van der Waals surface area contributed by atoms with Crippen LogP contribution in [0.2, 0.25) is 0 Å². The fourth-order valence-corrected chi connectivity index (χ4v) is 0.235. The Kier molecular flexibility index (Phi) is 2.77. The van der Waals surface area contributed by atoms with Gasteiger partial charge < -0.3 is 0 Å². The molecule has 0 aromatic rings. The maximum Gasteiger partial charge on any atom is 0.152 e. The maximum absolute atomic E-state index is 10.1. The molecule has 0 N–H and O–H groups in total. The summed E-state index contributed by atoms with van der Waals surface area (Å²) < 4.78 is 0. The average Bonchev–Trinajstić information content (AvgIpc) is 1.61. The van der Waals surface area contributed by atoms with Gasteiger partial charge in [0.25, 0.3) is 0 Å². The Morgan fingerprint density at radius 2 is 1.25 bits per heavy atom. The highest BCUT2D eigenvalue weighted by molar-refractivity contribution is 5.96. The van der Waals surface area contributed by atoms with E-state index >= 15 is 0 Å². The van der Waals surface area contributed by atoms with Gasteiger partial charge in [-0.1, -0.05) is 0 Å². The number of hydrogen-bond acceptors (Lipinski definition) is 2. The zero-order valence-electron chi connectivity index (χ0n) is 4.97. The van der Waals surface area contributed by atoms with Crippen molar-refractivity contribution >= 4 is 11.6 Å². The van der Waals surface area contributed by atoms with Crippen LogP contribution in [0.5, 0.6) is 0 Å². The third kappa shape index (κ3) is 5.08. The van der Waals surface area contributed by atoms with E-state index in [9.17, 15) is 9.59 Å². The molecule has 0 bridgehead atoms. The number of carbonyl (C=O) groups excluding carboxylic acids is 2. The largest absolute Gasteiger partial charge is 0.295 e. The van der Waals surface area contributed by atoms with E-state index in [0.29, 0.717) is 0 Å². The molecule has 0 aromatic carbocycles. The van der Waals surface area contributed by atoms with Crippen LogP contribution in [0.1, 0.15) is 13.8 Å². The minimum absolute atomic E-state index is 0.0970. The van der Waals surface area contributed by atoms with E-state index in [1.807, 2.05) is 0 Å². The SMILES string of the molecule is CC(=O)/C=C/C(C)=O. The molecule has 0 rings (SSSR count). The lowest BCUT2D eigenvalue weighted by molar-refractivity contribution is -0.114. The molecule has 44 valence electrons. The third-order valence-electron chi connectivity index (χ3n) is 0.553. The molecule has 2 nitrogen and oxygen atoms in total. The van der Waals surface area contributed by atoms with Crippen molar-refractivity contribution in [1.82, 2.24) is 0 Å². The van der Waals surface area contributed by atoms with Gasteiger partial charge in [-0.05, 0) is 26.0 Å². The van der Waals surface area contributed by atoms with Crippen LogP contribution in [0.15, 0.2) is 12.2 Å². The zero-order chi connectivity index (χ0) is 6.57. The van der Waals surface area contributed by atoms with Crippen LogP contribution in [-0.4, -0.2) is 11.6 Å². The molecule has 0 atom stereocenters. The summed E-state index contributed by atoms with van der Waals surface area (Å²) in [5.74, 6) is -0.194. The number of rotatable bonds is 2. The quantitative estimate of drug-likeness (QED) is 0.493. The van der Waals surface area contributed by atoms with Crippen molar-refractivity contribution < 1.29 is 9.59 Å². The normalized spacial score (nSPS) is 9.75. The molecule has 0 spiro atoms. The van der Waals surface area contributed by atoms with Gasteiger partial charge in [-0.3, -0.25) is 9.59 Å². The zero-order valence-corrected chi connectivity index (χ0v) is 4.97. The van der Waals surface area contributed by atoms with Gasteiger partial charge in [0, 0.05) is 0 Å². The first-order valence-electron chi connectivity index (χ1n) is 2.32. The fourth-order valence-electron chi connectivity index (χ4n) is 0.235. The van der Waals surface area contributed by atoms with Crippen molar-refractivity contribution in [2.45, 2.75) is 13.8 Å². The molecule has 0 radical (unpaired) electrons. The Morgan fingerprint density at radius 3 is 1.38 bits per heavy atom. The summed E-state index contributed by atoms with van der Waals surface area (Å²) in [6.07, 6.45) is 2.50. The molecule has 0 heterocycles. The molecule has 0 aliphatic carbocycles. The highest BCUT2D eigenvalue weighted by atomic mass is 16.1. The minimum Gasteiger partial charge on any atom is -0.295 e. The molecule has 0 saturated carbocycles. The summed E-state index contributed by atoms with van der Waals surface area (Å²) in [5.41, 5.74) is 0. The van der Waals surface area contributed by atoms with Crippen LogP contribution in [-0.2, 0) is 9.59 Å². The predicted octanol–water partition coefficient (Wildman–Crippen LogP) is 0.721. The highest BCUT2D eigenvalue weighted by Gasteiger charge is 1.83. The van der Waals surface area contributed by atoms with Crippen molar-refractivity contribution in [2.75, 3.05) is 0 Å². The van der Waals surface area contributed by atoms with E-state index < -0.39 is 0 Å². The number of hydrogen-bond donors (Lipinski definition) is 0. The second-order valence-electron chi connectivity index (χ2n) is 1.55. The summed E-state index contributed by atoms with van der Waals surface area (Å²) in [6, 6.07) is 0. The van der Waals surface area contributed by atoms with Gasteiger partial charge >= 0.3 is 0 Å². The van der Waals surface area contributed by atoms with Crippen LogP contribution < -0.4 is 0 Å². The lowest BCUT2D eigenvalue weighted by atomic mass is 10.3. The van der Waals surface area contributed by atoms with Crippen molar-refractivity contribution in [3.63, 3.8) is 0 Å². The monoisotopic (exact) mass is 112 g/mol. The molecule has 0 fully saturated rings. The molecule has 0 aliphatic heterocycles. The van der Waals surface area contributed by atoms with Crippen molar-refractivity contribution in [2.24, 2.45) is 0 Å². The van der Waals surface area contributed by atoms with Gasteiger partial charge in [-0.25, -0.2) is 0 Å². The van der Waals surface area contributed by atoms with Crippen LogP contribution in [0.25, 0.3) is 0 Å². The second kappa shape index (κ2) is 3.13. The van der Waals surface area contributed by atoms with E-state index in [0.717, 1.165) is 0 Å². The lowest BCUT2D eigenvalue weighted by Gasteiger charge is -1.74. The Labute approximate surface area is 48.2 Å². The fraction of sp³-hybridized carbons (Fsp3) is 0.333. The Morgan fingerprint density at radius 1 is 1.00 bits per heavy atom. The van der Waals surface area contributed by atoms with Gasteiger partial charge in [-0.15, -0.1) is 0 Å². The van der Waals surface area contributed by atoms with Gasteiger partial charge in [0.1, 0.15) is 0 Å². The number of ketones is 2. The summed E-state index contributed by atoms with van der Waals surface area (Å²) in [4.78, 5) is 20.2. The highest BCUT2D eigenvalue weighted by Crippen LogP contribution is 1.75. The van der Waals surface area contributed by atoms with Crippen LogP contribution in [0.3, 0.4) is 0 Å². The molecule has 2 heteroatoms. The number of carbonyl (C=O) groups is 2. The summed E-state index contributed by atoms with van der Waals surface area (Å²) in [7, 11) is 0. The standard InChI is InChI=1S/C6H8O2/c1-5(7)3-4-6(2)8/h3-4H,1-2H3/b4-3+. The van der Waals surface area contributed by atoms with Crippen molar-refractivity contribution in [1.29, 1.82) is 0 Å². The van der Waals surface area contributed by atoms with Crippen LogP contribution >= 0.6 is 0 Å². The maximum atomic E-state index is 10.1. The van der Waals surface area contributed by atoms with E-state index in [1.54, 1.807) is 0 Å². The topological polar surface area (TPSA) is 34.1 Å². The Bertz CT molecular complexity index is 117. The first-order chi connectivity index (χ1) is 3.63. The molecule has 8 heavy (non-hydrogen) atoms. The lowest BCUT2D eigenvalue weighted by Crippen LogP contribution is -1.85. The molecule has 0 saturated heterocycles. The summed E-state index contributed by atoms with van der Waals surface area (Å²) >= 11 is 0. The molecule has 0 unspecified atom stereocenters. The number of allylic oxidation sites excluding steroid dienone is 2. The predicted molar refractivity (Wildman–Crippen MR) is 30.5 cm³/mol. The van der Waals surface area contributed by atoms with Crippen LogP contribution in [0.4, 0.5) is 0 Å². The minimum atomic E-state index is -0.0970. The summed E-state index contributed by atoms with van der Waals surface area (Å²) in [5, 5.41) is 0. The Balaban J connectivity index is 3.67. The van der Waals surface area contributed by atoms with Crippen LogP contribution in [0, 0.1) is 0 Å².